The van der Waals surface area contributed by atoms with E-state index in [1.807, 2.05) is 0 Å². The Balaban J connectivity index is 3.34. The van der Waals surface area contributed by atoms with Crippen molar-refractivity contribution in [3.8, 4) is 11.7 Å². The van der Waals surface area contributed by atoms with Crippen molar-refractivity contribution in [3.63, 3.8) is 0 Å². The lowest BCUT2D eigenvalue weighted by atomic mass is 10.4. The van der Waals surface area contributed by atoms with Crippen molar-refractivity contribution in [2.45, 2.75) is 6.92 Å². The summed E-state index contributed by atoms with van der Waals surface area (Å²) in [7, 11) is 2.81. The molecule has 0 aromatic carbocycles. The zero-order chi connectivity index (χ0) is 9.14. The summed E-state index contributed by atoms with van der Waals surface area (Å²) in [6.07, 6.45) is 0. The highest BCUT2D eigenvalue weighted by Gasteiger charge is 2.10. The summed E-state index contributed by atoms with van der Waals surface area (Å²) < 4.78 is 14.7. The summed E-state index contributed by atoms with van der Waals surface area (Å²) in [5, 5.41) is 0. The van der Waals surface area contributed by atoms with E-state index in [9.17, 15) is 4.79 Å². The molecule has 0 fully saturated rings. The highest BCUT2D eigenvalue weighted by molar-refractivity contribution is 5.31. The van der Waals surface area contributed by atoms with Crippen molar-refractivity contribution < 1.29 is 13.9 Å². The summed E-state index contributed by atoms with van der Waals surface area (Å²) >= 11 is 0. The topological polar surface area (TPSA) is 48.7 Å². The second-order valence-electron chi connectivity index (χ2n) is 2.25. The Morgan fingerprint density at radius 2 is 2.00 bits per heavy atom. The minimum atomic E-state index is -0.238. The van der Waals surface area contributed by atoms with Gasteiger partial charge >= 0.3 is 5.95 Å². The van der Waals surface area contributed by atoms with Crippen molar-refractivity contribution >= 4 is 0 Å². The Labute approximate surface area is 69.7 Å². The van der Waals surface area contributed by atoms with Gasteiger partial charge in [-0.3, -0.25) is 4.79 Å². The molecule has 0 spiro atoms. The highest BCUT2D eigenvalue weighted by Crippen LogP contribution is 2.22. The molecular formula is C8H10O4. The van der Waals surface area contributed by atoms with Crippen LogP contribution in [0.15, 0.2) is 15.3 Å². The molecule has 0 aliphatic rings. The van der Waals surface area contributed by atoms with Crippen LogP contribution in [0.3, 0.4) is 0 Å². The monoisotopic (exact) mass is 170 g/mol. The van der Waals surface area contributed by atoms with Gasteiger partial charge in [-0.1, -0.05) is 0 Å². The van der Waals surface area contributed by atoms with Crippen LogP contribution < -0.4 is 14.9 Å². The highest BCUT2D eigenvalue weighted by atomic mass is 16.6. The van der Waals surface area contributed by atoms with Crippen molar-refractivity contribution in [1.29, 1.82) is 0 Å². The van der Waals surface area contributed by atoms with Crippen molar-refractivity contribution in [2.24, 2.45) is 0 Å². The Kier molecular flexibility index (Phi) is 2.38. The van der Waals surface area contributed by atoms with Crippen LogP contribution in [0.25, 0.3) is 0 Å². The van der Waals surface area contributed by atoms with E-state index in [0.29, 0.717) is 5.76 Å². The quantitative estimate of drug-likeness (QED) is 0.663. The van der Waals surface area contributed by atoms with Crippen LogP contribution in [-0.4, -0.2) is 14.2 Å². The molecule has 0 aliphatic heterocycles. The lowest BCUT2D eigenvalue weighted by Crippen LogP contribution is -2.06. The van der Waals surface area contributed by atoms with Crippen molar-refractivity contribution in [1.82, 2.24) is 0 Å². The summed E-state index contributed by atoms with van der Waals surface area (Å²) in [4.78, 5) is 11.2. The summed E-state index contributed by atoms with van der Waals surface area (Å²) in [6, 6.07) is 1.35. The maximum atomic E-state index is 11.2. The van der Waals surface area contributed by atoms with Gasteiger partial charge in [-0.25, -0.2) is 0 Å². The second-order valence-corrected chi connectivity index (χ2v) is 2.25. The second kappa shape index (κ2) is 3.30. The molecule has 0 aliphatic carbocycles. The molecule has 0 unspecified atom stereocenters. The third-order valence-electron chi connectivity index (χ3n) is 1.39. The maximum absolute atomic E-state index is 11.2. The molecule has 1 aromatic rings. The first-order valence-electron chi connectivity index (χ1n) is 3.41. The molecule has 4 heteroatoms. The van der Waals surface area contributed by atoms with E-state index in [2.05, 4.69) is 0 Å². The van der Waals surface area contributed by atoms with E-state index in [4.69, 9.17) is 13.9 Å². The molecule has 0 radical (unpaired) electrons. The largest absolute Gasteiger partial charge is 0.487 e. The van der Waals surface area contributed by atoms with E-state index < -0.39 is 0 Å². The Morgan fingerprint density at radius 1 is 1.33 bits per heavy atom. The van der Waals surface area contributed by atoms with Gasteiger partial charge in [0.2, 0.25) is 11.2 Å². The van der Waals surface area contributed by atoms with E-state index in [-0.39, 0.29) is 17.1 Å². The van der Waals surface area contributed by atoms with Crippen LogP contribution in [0.5, 0.6) is 11.7 Å². The minimum Gasteiger partial charge on any atom is -0.487 e. The van der Waals surface area contributed by atoms with Gasteiger partial charge in [0.1, 0.15) is 5.76 Å². The van der Waals surface area contributed by atoms with E-state index in [0.717, 1.165) is 0 Å². The molecule has 0 atom stereocenters. The SMILES string of the molecule is COc1oc(C)cc(=O)c1OC. The Bertz CT molecular complexity index is 326. The van der Waals surface area contributed by atoms with Gasteiger partial charge in [-0.2, -0.15) is 0 Å². The smallest absolute Gasteiger partial charge is 0.332 e. The zero-order valence-corrected chi connectivity index (χ0v) is 7.21. The van der Waals surface area contributed by atoms with Crippen LogP contribution in [0.2, 0.25) is 0 Å². The zero-order valence-electron chi connectivity index (χ0n) is 7.21. The number of methoxy groups -OCH3 is 2. The molecule has 0 saturated heterocycles. The average molecular weight is 170 g/mol. The molecule has 0 amide bonds. The van der Waals surface area contributed by atoms with Crippen LogP contribution in [0.4, 0.5) is 0 Å². The molecule has 1 rings (SSSR count). The average Bonchev–Trinajstić information content (AvgIpc) is 2.03. The predicted molar refractivity (Wildman–Crippen MR) is 42.8 cm³/mol. The standard InChI is InChI=1S/C8H10O4/c1-5-4-6(9)7(10-2)8(11-3)12-5/h4H,1-3H3. The first-order valence-corrected chi connectivity index (χ1v) is 3.41. The Hall–Kier alpha value is -1.45. The van der Waals surface area contributed by atoms with Crippen molar-refractivity contribution in [3.05, 3.63) is 22.0 Å². The molecular weight excluding hydrogens is 160 g/mol. The third-order valence-corrected chi connectivity index (χ3v) is 1.39. The number of rotatable bonds is 2. The van der Waals surface area contributed by atoms with Crippen LogP contribution in [0, 0.1) is 6.92 Å². The van der Waals surface area contributed by atoms with E-state index in [1.165, 1.54) is 20.3 Å². The minimum absolute atomic E-state index is 0.100. The normalized spacial score (nSPS) is 9.58. The lowest BCUT2D eigenvalue weighted by molar-refractivity contribution is 0.257. The van der Waals surface area contributed by atoms with Gasteiger partial charge in [-0.05, 0) is 6.92 Å². The lowest BCUT2D eigenvalue weighted by Gasteiger charge is -2.04. The Morgan fingerprint density at radius 3 is 2.50 bits per heavy atom. The van der Waals surface area contributed by atoms with Gasteiger partial charge in [0.25, 0.3) is 0 Å². The number of ether oxygens (including phenoxy) is 2. The molecule has 0 saturated carbocycles. The fourth-order valence-corrected chi connectivity index (χ4v) is 0.891. The number of aryl methyl sites for hydroxylation is 1. The van der Waals surface area contributed by atoms with Crippen LogP contribution in [0.1, 0.15) is 5.76 Å². The first-order chi connectivity index (χ1) is 5.69. The summed E-state index contributed by atoms with van der Waals surface area (Å²) in [5.74, 6) is 0.711. The third kappa shape index (κ3) is 1.42. The fraction of sp³-hybridized carbons (Fsp3) is 0.375. The fourth-order valence-electron chi connectivity index (χ4n) is 0.891. The molecule has 4 nitrogen and oxygen atoms in total. The summed E-state index contributed by atoms with van der Waals surface area (Å²) in [5.41, 5.74) is -0.238. The molecule has 1 heterocycles. The number of hydrogen-bond acceptors (Lipinski definition) is 4. The molecule has 12 heavy (non-hydrogen) atoms. The number of hydrogen-bond donors (Lipinski definition) is 0. The van der Waals surface area contributed by atoms with Gasteiger partial charge in [0, 0.05) is 6.07 Å². The molecule has 1 aromatic heterocycles. The van der Waals surface area contributed by atoms with Gasteiger partial charge in [-0.15, -0.1) is 0 Å². The predicted octanol–water partition coefficient (Wildman–Crippen LogP) is 0.965. The van der Waals surface area contributed by atoms with Crippen molar-refractivity contribution in [2.75, 3.05) is 14.2 Å². The van der Waals surface area contributed by atoms with Gasteiger partial charge in [0.05, 0.1) is 14.2 Å². The maximum Gasteiger partial charge on any atom is 0.332 e. The van der Waals surface area contributed by atoms with Crippen LogP contribution in [-0.2, 0) is 0 Å². The first kappa shape index (κ1) is 8.64. The van der Waals surface area contributed by atoms with Gasteiger partial charge in [0.15, 0.2) is 0 Å². The van der Waals surface area contributed by atoms with Crippen LogP contribution >= 0.6 is 0 Å². The van der Waals surface area contributed by atoms with Gasteiger partial charge < -0.3 is 13.9 Å². The molecule has 0 bridgehead atoms. The summed E-state index contributed by atoms with van der Waals surface area (Å²) in [6.45, 7) is 1.67. The van der Waals surface area contributed by atoms with E-state index >= 15 is 0 Å². The molecule has 0 N–H and O–H groups in total. The van der Waals surface area contributed by atoms with E-state index in [1.54, 1.807) is 6.92 Å². The molecule has 66 valence electrons.